The van der Waals surface area contributed by atoms with E-state index in [9.17, 15) is 4.79 Å². The third-order valence-electron chi connectivity index (χ3n) is 5.76. The zero-order chi connectivity index (χ0) is 19.6. The molecule has 2 aromatic carbocycles. The molecule has 1 aliphatic heterocycles. The SMILES string of the molecule is O=C1c2ccc(Nc3ccncc3)cc2CN1c1cccc(NC2CCCC2)c1. The highest BCUT2D eigenvalue weighted by atomic mass is 16.2. The molecule has 0 spiro atoms. The maximum Gasteiger partial charge on any atom is 0.258 e. The minimum absolute atomic E-state index is 0.0634. The van der Waals surface area contributed by atoms with Crippen LogP contribution in [0, 0.1) is 0 Å². The largest absolute Gasteiger partial charge is 0.382 e. The van der Waals surface area contributed by atoms with Gasteiger partial charge in [-0.3, -0.25) is 9.78 Å². The molecule has 1 fully saturated rings. The number of anilines is 4. The normalized spacial score (nSPS) is 16.1. The highest BCUT2D eigenvalue weighted by molar-refractivity contribution is 6.10. The maximum atomic E-state index is 13.0. The molecule has 2 N–H and O–H groups in total. The summed E-state index contributed by atoms with van der Waals surface area (Å²) in [7, 11) is 0. The molecule has 146 valence electrons. The van der Waals surface area contributed by atoms with Crippen LogP contribution in [0.3, 0.4) is 0 Å². The summed E-state index contributed by atoms with van der Waals surface area (Å²) >= 11 is 0. The van der Waals surface area contributed by atoms with Gasteiger partial charge in [0, 0.05) is 46.7 Å². The quantitative estimate of drug-likeness (QED) is 0.623. The predicted molar refractivity (Wildman–Crippen MR) is 117 cm³/mol. The molecule has 0 unspecified atom stereocenters. The lowest BCUT2D eigenvalue weighted by Crippen LogP contribution is -2.23. The summed E-state index contributed by atoms with van der Waals surface area (Å²) < 4.78 is 0. The average molecular weight is 384 g/mol. The average Bonchev–Trinajstić information content (AvgIpc) is 3.37. The van der Waals surface area contributed by atoms with Crippen LogP contribution in [0.2, 0.25) is 0 Å². The lowest BCUT2D eigenvalue weighted by molar-refractivity contribution is 0.0996. The van der Waals surface area contributed by atoms with Gasteiger partial charge in [-0.05, 0) is 66.9 Å². The van der Waals surface area contributed by atoms with Gasteiger partial charge in [0.2, 0.25) is 0 Å². The zero-order valence-electron chi connectivity index (χ0n) is 16.3. The Hall–Kier alpha value is -3.34. The van der Waals surface area contributed by atoms with Gasteiger partial charge in [-0.15, -0.1) is 0 Å². The lowest BCUT2D eigenvalue weighted by Gasteiger charge is -2.19. The minimum atomic E-state index is 0.0634. The molecule has 5 heteroatoms. The number of nitrogens with one attached hydrogen (secondary N) is 2. The third kappa shape index (κ3) is 3.68. The zero-order valence-corrected chi connectivity index (χ0v) is 16.3. The Morgan fingerprint density at radius 3 is 2.55 bits per heavy atom. The van der Waals surface area contributed by atoms with Crippen molar-refractivity contribution in [1.82, 2.24) is 4.98 Å². The van der Waals surface area contributed by atoms with Crippen LogP contribution in [-0.2, 0) is 6.54 Å². The van der Waals surface area contributed by atoms with Crippen LogP contribution in [0.25, 0.3) is 0 Å². The van der Waals surface area contributed by atoms with Gasteiger partial charge >= 0.3 is 0 Å². The first kappa shape index (κ1) is 17.7. The molecule has 1 aromatic heterocycles. The summed E-state index contributed by atoms with van der Waals surface area (Å²) in [5.74, 6) is 0.0634. The molecule has 3 aromatic rings. The highest BCUT2D eigenvalue weighted by Gasteiger charge is 2.29. The van der Waals surface area contributed by atoms with Crippen LogP contribution in [0.5, 0.6) is 0 Å². The molecule has 1 amide bonds. The second-order valence-corrected chi connectivity index (χ2v) is 7.80. The molecular weight excluding hydrogens is 360 g/mol. The monoisotopic (exact) mass is 384 g/mol. The fourth-order valence-corrected chi connectivity index (χ4v) is 4.28. The summed E-state index contributed by atoms with van der Waals surface area (Å²) in [6.07, 6.45) is 8.57. The number of carbonyl (C=O) groups excluding carboxylic acids is 1. The van der Waals surface area contributed by atoms with Gasteiger partial charge in [0.05, 0.1) is 6.54 Å². The first-order chi connectivity index (χ1) is 14.3. The third-order valence-corrected chi connectivity index (χ3v) is 5.76. The fourth-order valence-electron chi connectivity index (χ4n) is 4.28. The summed E-state index contributed by atoms with van der Waals surface area (Å²) in [6, 6.07) is 18.6. The Balaban J connectivity index is 1.35. The van der Waals surface area contributed by atoms with Crippen molar-refractivity contribution in [3.63, 3.8) is 0 Å². The second-order valence-electron chi connectivity index (χ2n) is 7.80. The molecule has 29 heavy (non-hydrogen) atoms. The fraction of sp³-hybridized carbons (Fsp3) is 0.250. The highest BCUT2D eigenvalue weighted by Crippen LogP contribution is 2.32. The first-order valence-corrected chi connectivity index (χ1v) is 10.2. The maximum absolute atomic E-state index is 13.0. The van der Waals surface area contributed by atoms with E-state index in [0.717, 1.165) is 33.9 Å². The van der Waals surface area contributed by atoms with Gasteiger partial charge in [0.1, 0.15) is 0 Å². The van der Waals surface area contributed by atoms with Crippen molar-refractivity contribution in [2.24, 2.45) is 0 Å². The number of nitrogens with zero attached hydrogens (tertiary/aromatic N) is 2. The van der Waals surface area contributed by atoms with E-state index < -0.39 is 0 Å². The molecule has 1 aliphatic carbocycles. The topological polar surface area (TPSA) is 57.3 Å². The predicted octanol–water partition coefficient (Wildman–Crippen LogP) is 5.34. The van der Waals surface area contributed by atoms with Crippen molar-refractivity contribution in [1.29, 1.82) is 0 Å². The number of hydrogen-bond acceptors (Lipinski definition) is 4. The van der Waals surface area contributed by atoms with Crippen molar-refractivity contribution in [3.8, 4) is 0 Å². The van der Waals surface area contributed by atoms with E-state index in [1.165, 1.54) is 25.7 Å². The van der Waals surface area contributed by atoms with E-state index in [1.807, 2.05) is 41.3 Å². The van der Waals surface area contributed by atoms with Crippen LogP contribution in [0.1, 0.15) is 41.6 Å². The van der Waals surface area contributed by atoms with Crippen molar-refractivity contribution >= 4 is 28.7 Å². The van der Waals surface area contributed by atoms with Crippen LogP contribution >= 0.6 is 0 Å². The molecular formula is C24H24N4O. The molecule has 0 bridgehead atoms. The van der Waals surface area contributed by atoms with Gasteiger partial charge in [-0.1, -0.05) is 18.9 Å². The Labute approximate surface area is 170 Å². The van der Waals surface area contributed by atoms with E-state index >= 15 is 0 Å². The Bertz CT molecular complexity index is 1030. The number of hydrogen-bond donors (Lipinski definition) is 2. The molecule has 5 rings (SSSR count). The van der Waals surface area contributed by atoms with E-state index in [4.69, 9.17) is 0 Å². The number of pyridine rings is 1. The summed E-state index contributed by atoms with van der Waals surface area (Å²) in [5, 5.41) is 7.00. The number of carbonyl (C=O) groups is 1. The molecule has 1 saturated carbocycles. The van der Waals surface area contributed by atoms with Gasteiger partial charge in [0.15, 0.2) is 0 Å². The Morgan fingerprint density at radius 1 is 0.897 bits per heavy atom. The van der Waals surface area contributed by atoms with Crippen molar-refractivity contribution in [2.75, 3.05) is 15.5 Å². The van der Waals surface area contributed by atoms with Crippen LogP contribution < -0.4 is 15.5 Å². The molecule has 5 nitrogen and oxygen atoms in total. The van der Waals surface area contributed by atoms with Crippen molar-refractivity contribution in [2.45, 2.75) is 38.3 Å². The summed E-state index contributed by atoms with van der Waals surface area (Å²) in [4.78, 5) is 18.9. The number of rotatable bonds is 5. The number of benzene rings is 2. The summed E-state index contributed by atoms with van der Waals surface area (Å²) in [5.41, 5.74) is 5.81. The standard InChI is InChI=1S/C24H24N4O/c29-24-23-9-8-21(27-19-10-12-25-13-11-19)14-17(23)16-28(24)22-7-3-6-20(15-22)26-18-4-1-2-5-18/h3,6-15,18,26H,1-2,4-5,16H2,(H,25,27). The first-order valence-electron chi connectivity index (χ1n) is 10.2. The van der Waals surface area contributed by atoms with Gasteiger partial charge in [-0.25, -0.2) is 0 Å². The minimum Gasteiger partial charge on any atom is -0.382 e. The number of aromatic nitrogens is 1. The van der Waals surface area contributed by atoms with Crippen molar-refractivity contribution < 1.29 is 4.79 Å². The Kier molecular flexibility index (Phi) is 4.64. The second kappa shape index (κ2) is 7.59. The van der Waals surface area contributed by atoms with E-state index in [-0.39, 0.29) is 5.91 Å². The number of fused-ring (bicyclic) bond motifs is 1. The molecule has 0 saturated heterocycles. The summed E-state index contributed by atoms with van der Waals surface area (Å²) in [6.45, 7) is 0.590. The van der Waals surface area contributed by atoms with E-state index in [0.29, 0.717) is 12.6 Å². The smallest absolute Gasteiger partial charge is 0.258 e. The van der Waals surface area contributed by atoms with E-state index in [2.05, 4.69) is 33.8 Å². The van der Waals surface area contributed by atoms with Gasteiger partial charge in [-0.2, -0.15) is 0 Å². The van der Waals surface area contributed by atoms with Gasteiger partial charge < -0.3 is 15.5 Å². The van der Waals surface area contributed by atoms with Crippen molar-refractivity contribution in [3.05, 3.63) is 78.1 Å². The van der Waals surface area contributed by atoms with Gasteiger partial charge in [0.25, 0.3) is 5.91 Å². The van der Waals surface area contributed by atoms with Crippen LogP contribution in [0.15, 0.2) is 67.0 Å². The molecule has 0 radical (unpaired) electrons. The lowest BCUT2D eigenvalue weighted by atomic mass is 10.1. The Morgan fingerprint density at radius 2 is 1.72 bits per heavy atom. The van der Waals surface area contributed by atoms with E-state index in [1.54, 1.807) is 12.4 Å². The van der Waals surface area contributed by atoms with Crippen LogP contribution in [-0.4, -0.2) is 16.9 Å². The number of amides is 1. The molecule has 2 heterocycles. The molecule has 0 atom stereocenters. The molecule has 2 aliphatic rings. The van der Waals surface area contributed by atoms with Crippen LogP contribution in [0.4, 0.5) is 22.7 Å².